The molecule has 2 heterocycles. The lowest BCUT2D eigenvalue weighted by Crippen LogP contribution is -2.21. The zero-order chi connectivity index (χ0) is 33.7. The zero-order valence-electron chi connectivity index (χ0n) is 25.6. The maximum absolute atomic E-state index is 12.9. The number of ketones is 1. The van der Waals surface area contributed by atoms with Gasteiger partial charge in [-0.05, 0) is 61.4 Å². The summed E-state index contributed by atoms with van der Waals surface area (Å²) < 4.78 is 2.20. The van der Waals surface area contributed by atoms with Gasteiger partial charge in [0.25, 0.3) is 0 Å². The van der Waals surface area contributed by atoms with Gasteiger partial charge in [0.1, 0.15) is 0 Å². The van der Waals surface area contributed by atoms with Crippen LogP contribution in [0.2, 0.25) is 20.1 Å². The van der Waals surface area contributed by atoms with Crippen LogP contribution in [0.4, 0.5) is 5.69 Å². The molecule has 0 aliphatic carbocycles. The van der Waals surface area contributed by atoms with Crippen LogP contribution in [0.25, 0.3) is 27.8 Å². The van der Waals surface area contributed by atoms with E-state index >= 15 is 0 Å². The van der Waals surface area contributed by atoms with E-state index in [0.29, 0.717) is 0 Å². The van der Waals surface area contributed by atoms with Crippen molar-refractivity contribution in [2.75, 3.05) is 18.0 Å². The SMILES string of the molecule is CCN(CC)c1ccc(C(=O)c2c(Cl)c(Cl)c(Cl)c(Cl)c2C(=O)O)cc1.c1ccc(-c2cn3ccccc3c2-c2ccccc2)cc1. The van der Waals surface area contributed by atoms with Gasteiger partial charge in [-0.1, -0.05) is 113 Å². The van der Waals surface area contributed by atoms with Crippen molar-refractivity contribution < 1.29 is 14.7 Å². The molecule has 238 valence electrons. The number of aromatic nitrogens is 1. The Kier molecular flexibility index (Phi) is 10.9. The molecule has 5 nitrogen and oxygen atoms in total. The summed E-state index contributed by atoms with van der Waals surface area (Å²) in [5.74, 6) is -2.02. The molecule has 0 fully saturated rings. The van der Waals surface area contributed by atoms with Crippen LogP contribution in [-0.2, 0) is 0 Å². The summed E-state index contributed by atoms with van der Waals surface area (Å²) in [6.07, 6.45) is 4.32. The first-order valence-electron chi connectivity index (χ1n) is 14.9. The molecule has 6 aromatic rings. The lowest BCUT2D eigenvalue weighted by molar-refractivity contribution is 0.0693. The molecule has 9 heteroatoms. The number of hydrogen-bond donors (Lipinski definition) is 1. The Balaban J connectivity index is 0.000000188. The summed E-state index contributed by atoms with van der Waals surface area (Å²) >= 11 is 24.0. The summed E-state index contributed by atoms with van der Waals surface area (Å²) in [5, 5.41) is 8.53. The molecule has 0 saturated heterocycles. The summed E-state index contributed by atoms with van der Waals surface area (Å²) in [7, 11) is 0. The minimum atomic E-state index is -1.42. The third-order valence-electron chi connectivity index (χ3n) is 7.80. The molecule has 4 aromatic carbocycles. The topological polar surface area (TPSA) is 62.0 Å². The fraction of sp³-hybridized carbons (Fsp3) is 0.105. The number of aromatic carboxylic acids is 1. The van der Waals surface area contributed by atoms with Gasteiger partial charge in [-0.15, -0.1) is 0 Å². The average Bonchev–Trinajstić information content (AvgIpc) is 3.50. The largest absolute Gasteiger partial charge is 0.478 e. The smallest absolute Gasteiger partial charge is 0.338 e. The highest BCUT2D eigenvalue weighted by atomic mass is 35.5. The number of carbonyl (C=O) groups excluding carboxylic acids is 1. The highest BCUT2D eigenvalue weighted by Gasteiger charge is 2.29. The van der Waals surface area contributed by atoms with E-state index in [1.807, 2.05) is 13.8 Å². The quantitative estimate of drug-likeness (QED) is 0.0973. The molecule has 0 spiro atoms. The fourth-order valence-electron chi connectivity index (χ4n) is 5.47. The molecular weight excluding hydrogens is 674 g/mol. The summed E-state index contributed by atoms with van der Waals surface area (Å²) in [5.41, 5.74) is 6.77. The molecule has 0 amide bonds. The standard InChI is InChI=1S/C20H15N.C18H15Cl4NO3/c1-3-9-16(10-4-1)18-15-21-14-8-7-13-19(21)20(18)17-11-5-2-6-12-17;1-3-23(4-2)10-7-5-9(6-8-10)17(24)11-12(18(25)26)14(20)16(22)15(21)13(11)19/h1-15H;5-8H,3-4H2,1-2H3,(H,25,26). The first-order chi connectivity index (χ1) is 22.7. The van der Waals surface area contributed by atoms with Crippen molar-refractivity contribution in [2.45, 2.75) is 13.8 Å². The molecule has 1 N–H and O–H groups in total. The normalized spacial score (nSPS) is 10.8. The van der Waals surface area contributed by atoms with E-state index < -0.39 is 17.3 Å². The van der Waals surface area contributed by atoms with E-state index in [0.717, 1.165) is 18.8 Å². The second-order valence-electron chi connectivity index (χ2n) is 10.5. The molecule has 6 rings (SSSR count). The third kappa shape index (κ3) is 7.04. The molecule has 2 aromatic heterocycles. The van der Waals surface area contributed by atoms with E-state index in [-0.39, 0.29) is 31.2 Å². The van der Waals surface area contributed by atoms with Gasteiger partial charge in [-0.25, -0.2) is 4.79 Å². The molecule has 0 bridgehead atoms. The number of anilines is 1. The first-order valence-corrected chi connectivity index (χ1v) is 16.4. The number of hydrogen-bond acceptors (Lipinski definition) is 3. The van der Waals surface area contributed by atoms with Crippen molar-refractivity contribution in [3.05, 3.63) is 152 Å². The van der Waals surface area contributed by atoms with Gasteiger partial charge in [0.2, 0.25) is 0 Å². The number of halogens is 4. The molecule has 0 radical (unpaired) electrons. The molecule has 0 saturated carbocycles. The average molecular weight is 704 g/mol. The lowest BCUT2D eigenvalue weighted by atomic mass is 9.97. The van der Waals surface area contributed by atoms with Crippen LogP contribution >= 0.6 is 46.4 Å². The van der Waals surface area contributed by atoms with Gasteiger partial charge in [0, 0.05) is 47.9 Å². The second-order valence-corrected chi connectivity index (χ2v) is 12.0. The van der Waals surface area contributed by atoms with E-state index in [1.54, 1.807) is 24.3 Å². The van der Waals surface area contributed by atoms with Crippen molar-refractivity contribution in [3.63, 3.8) is 0 Å². The van der Waals surface area contributed by atoms with Crippen LogP contribution < -0.4 is 4.90 Å². The van der Waals surface area contributed by atoms with Gasteiger partial charge >= 0.3 is 5.97 Å². The van der Waals surface area contributed by atoms with Crippen LogP contribution in [0.5, 0.6) is 0 Å². The predicted molar refractivity (Wildman–Crippen MR) is 195 cm³/mol. The Morgan fingerprint density at radius 2 is 1.19 bits per heavy atom. The molecular formula is C38H30Cl4N2O3. The number of carboxylic acids is 1. The fourth-order valence-corrected chi connectivity index (χ4v) is 6.49. The monoisotopic (exact) mass is 702 g/mol. The highest BCUT2D eigenvalue weighted by molar-refractivity contribution is 6.54. The number of fused-ring (bicyclic) bond motifs is 1. The van der Waals surface area contributed by atoms with Crippen molar-refractivity contribution in [1.82, 2.24) is 4.40 Å². The van der Waals surface area contributed by atoms with Gasteiger partial charge in [-0.3, -0.25) is 4.79 Å². The van der Waals surface area contributed by atoms with Crippen LogP contribution in [0.15, 0.2) is 116 Å². The van der Waals surface area contributed by atoms with Gasteiger partial charge in [-0.2, -0.15) is 0 Å². The number of rotatable bonds is 8. The van der Waals surface area contributed by atoms with Gasteiger partial charge in [0.05, 0.1) is 36.7 Å². The van der Waals surface area contributed by atoms with E-state index in [1.165, 1.54) is 27.8 Å². The molecule has 47 heavy (non-hydrogen) atoms. The Morgan fingerprint density at radius 3 is 1.74 bits per heavy atom. The first kappa shape index (κ1) is 34.1. The maximum atomic E-state index is 12.9. The van der Waals surface area contributed by atoms with Crippen molar-refractivity contribution >= 4 is 69.4 Å². The molecule has 0 unspecified atom stereocenters. The van der Waals surface area contributed by atoms with Gasteiger partial charge in [0.15, 0.2) is 5.78 Å². The highest BCUT2D eigenvalue weighted by Crippen LogP contribution is 2.42. The minimum absolute atomic E-state index is 0.161. The van der Waals surface area contributed by atoms with Crippen molar-refractivity contribution in [1.29, 1.82) is 0 Å². The van der Waals surface area contributed by atoms with Crippen LogP contribution in [-0.4, -0.2) is 34.3 Å². The lowest BCUT2D eigenvalue weighted by Gasteiger charge is -2.21. The zero-order valence-corrected chi connectivity index (χ0v) is 28.6. The summed E-state index contributed by atoms with van der Waals surface area (Å²) in [6, 6.07) is 34.3. The summed E-state index contributed by atoms with van der Waals surface area (Å²) in [4.78, 5) is 26.6. The predicted octanol–water partition coefficient (Wildman–Crippen LogP) is 11.3. The van der Waals surface area contributed by atoms with Crippen LogP contribution in [0, 0.1) is 0 Å². The number of nitrogens with zero attached hydrogens (tertiary/aromatic N) is 2. The number of benzene rings is 4. The second kappa shape index (κ2) is 15.1. The van der Waals surface area contributed by atoms with Crippen LogP contribution in [0.1, 0.15) is 40.1 Å². The van der Waals surface area contributed by atoms with E-state index in [4.69, 9.17) is 46.4 Å². The van der Waals surface area contributed by atoms with Crippen molar-refractivity contribution in [3.8, 4) is 22.3 Å². The molecule has 0 aliphatic rings. The number of carboxylic acid groups (broad SMARTS) is 1. The van der Waals surface area contributed by atoms with E-state index in [9.17, 15) is 14.7 Å². The van der Waals surface area contributed by atoms with Crippen molar-refractivity contribution in [2.24, 2.45) is 0 Å². The van der Waals surface area contributed by atoms with Crippen LogP contribution in [0.3, 0.4) is 0 Å². The molecule has 0 atom stereocenters. The number of carbonyl (C=O) groups is 2. The Bertz CT molecular complexity index is 2040. The maximum Gasteiger partial charge on any atom is 0.338 e. The number of pyridine rings is 1. The Labute approximate surface area is 293 Å². The van der Waals surface area contributed by atoms with Gasteiger partial charge < -0.3 is 14.4 Å². The third-order valence-corrected chi connectivity index (χ3v) is 9.60. The minimum Gasteiger partial charge on any atom is -0.478 e. The Morgan fingerprint density at radius 1 is 0.660 bits per heavy atom. The Hall–Kier alpha value is -4.26. The molecule has 0 aliphatic heterocycles. The van der Waals surface area contributed by atoms with E-state index in [2.05, 4.69) is 101 Å². The summed E-state index contributed by atoms with van der Waals surface area (Å²) in [6.45, 7) is 5.70.